The number of thiophene rings is 1. The number of ether oxygens (including phenoxy) is 1. The van der Waals surface area contributed by atoms with E-state index in [2.05, 4.69) is 0 Å². The molecule has 32 heavy (non-hydrogen) atoms. The third-order valence-corrected chi connectivity index (χ3v) is 6.60. The fourth-order valence-electron chi connectivity index (χ4n) is 4.03. The quantitative estimate of drug-likeness (QED) is 0.381. The van der Waals surface area contributed by atoms with Gasteiger partial charge in [0.15, 0.2) is 11.5 Å². The summed E-state index contributed by atoms with van der Waals surface area (Å²) in [5.74, 6) is 1.37. The number of para-hydroxylation sites is 1. The molecule has 0 saturated carbocycles. The summed E-state index contributed by atoms with van der Waals surface area (Å²) in [4.78, 5) is 32.7. The van der Waals surface area contributed by atoms with E-state index in [0.717, 1.165) is 21.7 Å². The van der Waals surface area contributed by atoms with Crippen LogP contribution in [0.2, 0.25) is 0 Å². The number of aryl methyl sites for hydroxylation is 2. The first-order valence-electron chi connectivity index (χ1n) is 10.3. The minimum atomic E-state index is -0.307. The van der Waals surface area contributed by atoms with Gasteiger partial charge in [-0.3, -0.25) is 14.2 Å². The van der Waals surface area contributed by atoms with Gasteiger partial charge in [-0.25, -0.2) is 4.98 Å². The molecular formula is C25H21N3O3S. The molecule has 3 aromatic heterocycles. The molecule has 7 heteroatoms. The Morgan fingerprint density at radius 2 is 1.78 bits per heavy atom. The van der Waals surface area contributed by atoms with Crippen molar-refractivity contribution in [3.05, 3.63) is 92.2 Å². The van der Waals surface area contributed by atoms with Crippen molar-refractivity contribution in [1.82, 2.24) is 14.1 Å². The molecule has 5 rings (SSSR count). The van der Waals surface area contributed by atoms with Gasteiger partial charge in [-0.1, -0.05) is 30.3 Å². The Labute approximate surface area is 188 Å². The van der Waals surface area contributed by atoms with Crippen LogP contribution >= 0.6 is 11.3 Å². The largest absolute Gasteiger partial charge is 0.497 e. The highest BCUT2D eigenvalue weighted by Gasteiger charge is 2.19. The number of aromatic nitrogens is 3. The first-order valence-corrected chi connectivity index (χ1v) is 11.2. The smallest absolute Gasteiger partial charge is 0.267 e. The Morgan fingerprint density at radius 1 is 1.00 bits per heavy atom. The van der Waals surface area contributed by atoms with Gasteiger partial charge in [-0.2, -0.15) is 0 Å². The van der Waals surface area contributed by atoms with Crippen LogP contribution in [0.15, 0.2) is 75.6 Å². The summed E-state index contributed by atoms with van der Waals surface area (Å²) in [6, 6.07) is 19.0. The first-order chi connectivity index (χ1) is 15.6. The molecule has 0 aliphatic heterocycles. The summed E-state index contributed by atoms with van der Waals surface area (Å²) in [6.07, 6.45) is 0.628. The van der Waals surface area contributed by atoms with E-state index in [-0.39, 0.29) is 16.4 Å². The number of hydrogen-bond donors (Lipinski definition) is 0. The maximum Gasteiger partial charge on any atom is 0.267 e. The van der Waals surface area contributed by atoms with E-state index in [0.29, 0.717) is 29.8 Å². The molecule has 0 amide bonds. The summed E-state index contributed by atoms with van der Waals surface area (Å²) in [5, 5.41) is 2.60. The average molecular weight is 444 g/mol. The van der Waals surface area contributed by atoms with Crippen LogP contribution in [0.25, 0.3) is 32.6 Å². The average Bonchev–Trinajstić information content (AvgIpc) is 3.36. The first kappa shape index (κ1) is 20.2. The SMILES string of the molecule is COc1ccc(CCn2c(-c3cccs3)nc3c(c(=O)c4ccccc4n3C)c2=O)cc1. The van der Waals surface area contributed by atoms with Gasteiger partial charge in [-0.05, 0) is 47.7 Å². The molecule has 0 bridgehead atoms. The van der Waals surface area contributed by atoms with Crippen LogP contribution in [0.5, 0.6) is 5.75 Å². The van der Waals surface area contributed by atoms with Crippen LogP contribution in [-0.4, -0.2) is 21.2 Å². The molecule has 0 saturated heterocycles. The Morgan fingerprint density at radius 3 is 2.50 bits per heavy atom. The second-order valence-electron chi connectivity index (χ2n) is 7.57. The predicted molar refractivity (Wildman–Crippen MR) is 129 cm³/mol. The molecule has 0 atom stereocenters. The van der Waals surface area contributed by atoms with Crippen molar-refractivity contribution < 1.29 is 4.74 Å². The molecule has 6 nitrogen and oxygen atoms in total. The van der Waals surface area contributed by atoms with Gasteiger partial charge in [0.05, 0.1) is 17.5 Å². The standard InChI is InChI=1S/C25H21N3O3S/c1-27-19-7-4-3-6-18(19)22(29)21-24(27)26-23(20-8-5-15-32-20)28(25(21)30)14-13-16-9-11-17(31-2)12-10-16/h3-12,15H,13-14H2,1-2H3. The van der Waals surface area contributed by atoms with Crippen molar-refractivity contribution in [1.29, 1.82) is 0 Å². The molecule has 0 spiro atoms. The lowest BCUT2D eigenvalue weighted by Crippen LogP contribution is -2.29. The highest BCUT2D eigenvalue weighted by atomic mass is 32.1. The number of nitrogens with zero attached hydrogens (tertiary/aromatic N) is 3. The molecule has 0 N–H and O–H groups in total. The van der Waals surface area contributed by atoms with Crippen LogP contribution in [0.1, 0.15) is 5.56 Å². The number of hydrogen-bond acceptors (Lipinski definition) is 5. The number of benzene rings is 2. The summed E-state index contributed by atoms with van der Waals surface area (Å²) >= 11 is 1.52. The van der Waals surface area contributed by atoms with Gasteiger partial charge in [0.2, 0.25) is 5.43 Å². The lowest BCUT2D eigenvalue weighted by molar-refractivity contribution is 0.414. The summed E-state index contributed by atoms with van der Waals surface area (Å²) in [6.45, 7) is 0.414. The van der Waals surface area contributed by atoms with Crippen LogP contribution in [0.4, 0.5) is 0 Å². The zero-order valence-corrected chi connectivity index (χ0v) is 18.6. The monoisotopic (exact) mass is 443 g/mol. The van der Waals surface area contributed by atoms with E-state index < -0.39 is 0 Å². The van der Waals surface area contributed by atoms with Gasteiger partial charge < -0.3 is 9.30 Å². The molecule has 0 aliphatic carbocycles. The Bertz CT molecular complexity index is 1550. The second kappa shape index (κ2) is 8.09. The highest BCUT2D eigenvalue weighted by Crippen LogP contribution is 2.24. The van der Waals surface area contributed by atoms with Crippen LogP contribution in [0, 0.1) is 0 Å². The summed E-state index contributed by atoms with van der Waals surface area (Å²) < 4.78 is 8.69. The molecule has 2 aromatic carbocycles. The van der Waals surface area contributed by atoms with E-state index in [4.69, 9.17) is 9.72 Å². The maximum atomic E-state index is 13.7. The van der Waals surface area contributed by atoms with E-state index in [1.54, 1.807) is 17.7 Å². The van der Waals surface area contributed by atoms with Gasteiger partial charge in [0, 0.05) is 19.0 Å². The zero-order valence-electron chi connectivity index (χ0n) is 17.7. The molecule has 5 aromatic rings. The molecule has 3 heterocycles. The summed E-state index contributed by atoms with van der Waals surface area (Å²) in [7, 11) is 3.48. The fraction of sp³-hybridized carbons (Fsp3) is 0.160. The van der Waals surface area contributed by atoms with Gasteiger partial charge >= 0.3 is 0 Å². The van der Waals surface area contributed by atoms with Crippen molar-refractivity contribution in [2.75, 3.05) is 7.11 Å². The molecule has 0 unspecified atom stereocenters. The molecule has 0 radical (unpaired) electrons. The van der Waals surface area contributed by atoms with E-state index in [9.17, 15) is 9.59 Å². The molecule has 160 valence electrons. The Kier molecular flexibility index (Phi) is 5.11. The van der Waals surface area contributed by atoms with Crippen molar-refractivity contribution in [2.45, 2.75) is 13.0 Å². The lowest BCUT2D eigenvalue weighted by Gasteiger charge is -2.15. The number of pyridine rings is 1. The third-order valence-electron chi connectivity index (χ3n) is 5.73. The van der Waals surface area contributed by atoms with E-state index >= 15 is 0 Å². The van der Waals surface area contributed by atoms with Crippen molar-refractivity contribution in [2.24, 2.45) is 7.05 Å². The topological polar surface area (TPSA) is 66.1 Å². The highest BCUT2D eigenvalue weighted by molar-refractivity contribution is 7.13. The van der Waals surface area contributed by atoms with Gasteiger partial charge in [0.25, 0.3) is 5.56 Å². The lowest BCUT2D eigenvalue weighted by atomic mass is 10.1. The third kappa shape index (κ3) is 3.31. The molecular weight excluding hydrogens is 422 g/mol. The van der Waals surface area contributed by atoms with Crippen LogP contribution in [0.3, 0.4) is 0 Å². The van der Waals surface area contributed by atoms with E-state index in [1.165, 1.54) is 11.3 Å². The van der Waals surface area contributed by atoms with E-state index in [1.807, 2.05) is 71.6 Å². The number of rotatable bonds is 5. The molecule has 0 aliphatic rings. The van der Waals surface area contributed by atoms with Crippen molar-refractivity contribution in [3.8, 4) is 16.5 Å². The van der Waals surface area contributed by atoms with Crippen LogP contribution in [-0.2, 0) is 20.0 Å². The minimum absolute atomic E-state index is 0.126. The maximum absolute atomic E-state index is 13.7. The normalized spacial score (nSPS) is 11.3. The Hall–Kier alpha value is -3.71. The Balaban J connectivity index is 1.73. The van der Waals surface area contributed by atoms with Crippen molar-refractivity contribution in [3.63, 3.8) is 0 Å². The molecule has 0 fully saturated rings. The summed E-state index contributed by atoms with van der Waals surface area (Å²) in [5.41, 5.74) is 1.65. The number of fused-ring (bicyclic) bond motifs is 2. The zero-order chi connectivity index (χ0) is 22.2. The van der Waals surface area contributed by atoms with Crippen LogP contribution < -0.4 is 15.7 Å². The van der Waals surface area contributed by atoms with Gasteiger partial charge in [0.1, 0.15) is 11.1 Å². The fourth-order valence-corrected chi connectivity index (χ4v) is 4.75. The number of methoxy groups -OCH3 is 1. The predicted octanol–water partition coefficient (Wildman–Crippen LogP) is 4.23. The second-order valence-corrected chi connectivity index (χ2v) is 8.52. The van der Waals surface area contributed by atoms with Gasteiger partial charge in [-0.15, -0.1) is 11.3 Å². The minimum Gasteiger partial charge on any atom is -0.497 e. The van der Waals surface area contributed by atoms with Crippen molar-refractivity contribution >= 4 is 33.3 Å².